The molecule has 0 saturated carbocycles. The lowest BCUT2D eigenvalue weighted by Crippen LogP contribution is -2.71. The van der Waals surface area contributed by atoms with Gasteiger partial charge in [0, 0.05) is 54.8 Å². The van der Waals surface area contributed by atoms with E-state index in [-0.39, 0.29) is 49.4 Å². The van der Waals surface area contributed by atoms with E-state index in [4.69, 9.17) is 23.8 Å². The van der Waals surface area contributed by atoms with Crippen molar-refractivity contribution in [2.45, 2.75) is 115 Å². The van der Waals surface area contributed by atoms with Gasteiger partial charge in [0.1, 0.15) is 36.9 Å². The highest BCUT2D eigenvalue weighted by atomic mass is 79.9. The van der Waals surface area contributed by atoms with E-state index in [0.29, 0.717) is 52.2 Å². The number of urea groups is 2. The van der Waals surface area contributed by atoms with Crippen LogP contribution in [0.4, 0.5) is 31.2 Å². The normalized spacial score (nSPS) is 19.9. The van der Waals surface area contributed by atoms with Crippen molar-refractivity contribution in [2.24, 2.45) is 0 Å². The molecule has 13 heterocycles. The highest BCUT2D eigenvalue weighted by molar-refractivity contribution is 9.11. The van der Waals surface area contributed by atoms with Gasteiger partial charge in [-0.2, -0.15) is 20.7 Å². The number of fused-ring (bicyclic) bond motifs is 6. The van der Waals surface area contributed by atoms with Crippen LogP contribution in [0.25, 0.3) is 21.5 Å². The van der Waals surface area contributed by atoms with Crippen LogP contribution in [0.2, 0.25) is 0 Å². The van der Waals surface area contributed by atoms with Crippen LogP contribution in [-0.2, 0) is 9.31 Å². The Kier molecular flexibility index (Phi) is 16.6. The second-order valence-electron chi connectivity index (χ2n) is 24.2. The zero-order chi connectivity index (χ0) is 60.9. The fourth-order valence-corrected chi connectivity index (χ4v) is 13.1. The standard InChI is InChI=1S/C27H27N7O3S.C18H24BN3O4.C15H15BrN4OS/c1-27(2,36)16-37-21-9-22(24-17(10-28)11-30-33(24)15-21)23-12-29-26(38-23)32-13-19-8-20(14-32)34(19)25(35)31-18-6-4-3-5-7-18;1-16(2,23)11-24-13-7-14(15-12(8-20)9-21-22(15)10-13)19-25-17(3,4)18(5,6)26-19;16-13-7-17-15(22-13)19-8-11-6-12(9-19)20(11)14(21)18-10-4-2-1-3-5-10/h3-7,9,11-12,15,19-20,36H,8,13-14,16H2,1-2H3,(H,31,35);7,9-10,23H,11H2,1-6H3;1-5,7,11-12H,6,8-9H2,(H,18,21). The average Bonchev–Trinajstić information content (AvgIpc) is 1.33. The van der Waals surface area contributed by atoms with Gasteiger partial charge in [-0.25, -0.2) is 28.6 Å². The zero-order valence-electron chi connectivity index (χ0n) is 48.8. The first-order valence-corrected chi connectivity index (χ1v) is 30.6. The molecule has 8 aromatic rings. The van der Waals surface area contributed by atoms with Crippen molar-refractivity contribution in [3.8, 4) is 34.1 Å². The Labute approximate surface area is 514 Å². The van der Waals surface area contributed by atoms with Crippen molar-refractivity contribution in [3.05, 3.63) is 125 Å². The summed E-state index contributed by atoms with van der Waals surface area (Å²) in [6.45, 7) is 18.0. The molecule has 4 bridgehead atoms. The molecule has 86 heavy (non-hydrogen) atoms. The van der Waals surface area contributed by atoms with Crippen molar-refractivity contribution in [3.63, 3.8) is 0 Å². The molecule has 0 aliphatic carbocycles. The van der Waals surface area contributed by atoms with Gasteiger partial charge in [-0.05, 0) is 121 Å². The number of nitriles is 2. The van der Waals surface area contributed by atoms with E-state index in [9.17, 15) is 30.3 Å². The molecule has 4 N–H and O–H groups in total. The summed E-state index contributed by atoms with van der Waals surface area (Å²) >= 11 is 6.63. The number of aromatic nitrogens is 6. The van der Waals surface area contributed by atoms with E-state index >= 15 is 0 Å². The van der Waals surface area contributed by atoms with Gasteiger partial charge in [0.25, 0.3) is 0 Å². The Morgan fingerprint density at radius 2 is 1.13 bits per heavy atom. The van der Waals surface area contributed by atoms with E-state index in [1.54, 1.807) is 66.5 Å². The van der Waals surface area contributed by atoms with Gasteiger partial charge in [0.2, 0.25) is 0 Å². The molecule has 7 saturated heterocycles. The number of aliphatic hydroxyl groups is 2. The number of amides is 4. The molecular formula is C60H66BBrN14O8S2. The maximum atomic E-state index is 12.9. The van der Waals surface area contributed by atoms with Crippen molar-refractivity contribution < 1.29 is 38.6 Å². The predicted octanol–water partition coefficient (Wildman–Crippen LogP) is 9.03. The average molecular weight is 1270 g/mol. The molecule has 0 radical (unpaired) electrons. The fourth-order valence-electron chi connectivity index (χ4n) is 10.9. The lowest BCUT2D eigenvalue weighted by molar-refractivity contribution is 0.00578. The van der Waals surface area contributed by atoms with Gasteiger partial charge in [0.15, 0.2) is 10.3 Å². The van der Waals surface area contributed by atoms with Gasteiger partial charge in [0.05, 0.1) is 108 Å². The molecule has 4 atom stereocenters. The number of hydrogen-bond acceptors (Lipinski definition) is 18. The largest absolute Gasteiger partial charge is 0.497 e. The number of para-hydroxylation sites is 2. The molecule has 7 fully saturated rings. The lowest BCUT2D eigenvalue weighted by atomic mass is 9.78. The van der Waals surface area contributed by atoms with Crippen LogP contribution >= 0.6 is 38.6 Å². The summed E-state index contributed by atoms with van der Waals surface area (Å²) in [7, 11) is -0.656. The number of piperidine rings is 2. The highest BCUT2D eigenvalue weighted by Gasteiger charge is 2.53. The Morgan fingerprint density at radius 1 is 0.686 bits per heavy atom. The fraction of sp³-hybridized carbons (Fsp3) is 0.400. The lowest BCUT2D eigenvalue weighted by Gasteiger charge is -2.55. The summed E-state index contributed by atoms with van der Waals surface area (Å²) in [5.41, 5.74) is 2.33. The molecule has 446 valence electrons. The van der Waals surface area contributed by atoms with Gasteiger partial charge >= 0.3 is 19.2 Å². The predicted molar refractivity (Wildman–Crippen MR) is 333 cm³/mol. The second-order valence-corrected chi connectivity index (χ2v) is 27.6. The minimum absolute atomic E-state index is 0.00687. The van der Waals surface area contributed by atoms with Crippen LogP contribution < -0.4 is 35.4 Å². The number of ether oxygens (including phenoxy) is 2. The highest BCUT2D eigenvalue weighted by Crippen LogP contribution is 2.42. The number of nitrogens with one attached hydrogen (secondary N) is 2. The topological polar surface area (TPSA) is 256 Å². The molecule has 6 aromatic heterocycles. The monoisotopic (exact) mass is 1260 g/mol. The minimum atomic E-state index is -0.990. The van der Waals surface area contributed by atoms with Crippen molar-refractivity contribution >= 4 is 95.9 Å². The van der Waals surface area contributed by atoms with Crippen LogP contribution in [0.15, 0.2) is 114 Å². The number of rotatable bonds is 12. The van der Waals surface area contributed by atoms with Gasteiger partial charge in [-0.15, -0.1) is 0 Å². The number of benzene rings is 2. The number of carbonyl (C=O) groups is 2. The van der Waals surface area contributed by atoms with Gasteiger partial charge in [-0.1, -0.05) is 59.1 Å². The van der Waals surface area contributed by atoms with Crippen LogP contribution in [0.5, 0.6) is 11.5 Å². The summed E-state index contributed by atoms with van der Waals surface area (Å²) in [4.78, 5) is 43.7. The molecule has 7 aliphatic rings. The Morgan fingerprint density at radius 3 is 1.58 bits per heavy atom. The van der Waals surface area contributed by atoms with Gasteiger partial charge in [-0.3, -0.25) is 0 Å². The third-order valence-corrected chi connectivity index (χ3v) is 18.4. The Hall–Kier alpha value is -7.82. The van der Waals surface area contributed by atoms with E-state index in [0.717, 1.165) is 61.8 Å². The van der Waals surface area contributed by atoms with E-state index < -0.39 is 29.5 Å². The molecule has 26 heteroatoms. The number of halogens is 1. The summed E-state index contributed by atoms with van der Waals surface area (Å²) < 4.78 is 28.1. The number of nitrogens with zero attached hydrogens (tertiary/aromatic N) is 12. The first-order chi connectivity index (χ1) is 40.9. The van der Waals surface area contributed by atoms with Crippen molar-refractivity contribution in [1.82, 2.24) is 39.0 Å². The summed E-state index contributed by atoms with van der Waals surface area (Å²) in [5.74, 6) is 1.05. The summed E-state index contributed by atoms with van der Waals surface area (Å²) in [6.07, 6.45) is 12.1. The number of carbonyl (C=O) groups excluding carboxylic acids is 2. The Bertz CT molecular complexity index is 3830. The molecule has 2 aromatic carbocycles. The smallest absolute Gasteiger partial charge is 0.489 e. The number of anilines is 4. The quantitative estimate of drug-likeness (QED) is 0.0832. The van der Waals surface area contributed by atoms with Crippen LogP contribution in [0.1, 0.15) is 79.4 Å². The van der Waals surface area contributed by atoms with Crippen LogP contribution in [0, 0.1) is 22.7 Å². The molecule has 4 unspecified atom stereocenters. The van der Waals surface area contributed by atoms with E-state index in [1.807, 2.05) is 117 Å². The maximum Gasteiger partial charge on any atom is 0.497 e. The third-order valence-electron chi connectivity index (χ3n) is 15.8. The van der Waals surface area contributed by atoms with Crippen molar-refractivity contribution in [2.75, 3.05) is 59.8 Å². The van der Waals surface area contributed by atoms with E-state index in [2.05, 4.69) is 63.7 Å². The number of thiazole rings is 2. The van der Waals surface area contributed by atoms with Gasteiger partial charge < -0.3 is 59.2 Å². The molecular weight excluding hydrogens is 1200 g/mol. The summed E-state index contributed by atoms with van der Waals surface area (Å²) in [5, 5.41) is 55.5. The summed E-state index contributed by atoms with van der Waals surface area (Å²) in [6, 6.07) is 27.9. The maximum absolute atomic E-state index is 12.9. The third kappa shape index (κ3) is 12.8. The first-order valence-electron chi connectivity index (χ1n) is 28.2. The molecule has 0 spiro atoms. The number of piperazine rings is 2. The molecule has 15 rings (SSSR count). The number of hydrogen-bond donors (Lipinski definition) is 4. The van der Waals surface area contributed by atoms with Crippen molar-refractivity contribution in [1.29, 1.82) is 10.5 Å². The first kappa shape index (κ1) is 59.9. The van der Waals surface area contributed by atoms with Crippen LogP contribution in [0.3, 0.4) is 0 Å². The molecule has 4 amide bonds. The minimum Gasteiger partial charge on any atom is -0.489 e. The zero-order valence-corrected chi connectivity index (χ0v) is 52.1. The molecule has 22 nitrogen and oxygen atoms in total. The van der Waals surface area contributed by atoms with Crippen LogP contribution in [-0.4, -0.2) is 154 Å². The molecule has 7 aliphatic heterocycles. The Balaban J connectivity index is 0.000000140. The second kappa shape index (κ2) is 23.8. The SMILES string of the molecule is CC(C)(O)COc1cc(-c2cnc(N3CC4CC(C3)N4C(=O)Nc3ccccc3)s2)c2c(C#N)cnn2c1.CC(C)(O)COc1cc(B2OC(C)(C)C(C)(C)O2)c2c(C#N)cnn2c1.O=C(Nc1ccccc1)N1C2CC1CN(c1ncc(Br)s1)C2. The van der Waals surface area contributed by atoms with E-state index in [1.165, 1.54) is 23.7 Å². The number of pyridine rings is 2.